The molecule has 0 amide bonds. The van der Waals surface area contributed by atoms with Crippen LogP contribution in [0.4, 0.5) is 0 Å². The van der Waals surface area contributed by atoms with Gasteiger partial charge in [0.05, 0.1) is 0 Å². The Morgan fingerprint density at radius 2 is 1.08 bits per heavy atom. The van der Waals surface area contributed by atoms with Crippen molar-refractivity contribution in [1.82, 2.24) is 0 Å². The van der Waals surface area contributed by atoms with Crippen molar-refractivity contribution >= 4 is 17.3 Å². The van der Waals surface area contributed by atoms with Gasteiger partial charge in [0, 0.05) is 0 Å². The second kappa shape index (κ2) is 13.5. The van der Waals surface area contributed by atoms with Crippen LogP contribution in [0.15, 0.2) is 35.4 Å². The van der Waals surface area contributed by atoms with Gasteiger partial charge in [-0.25, -0.2) is 0 Å². The molecule has 0 nitrogen and oxygen atoms in total. The molecule has 2 aromatic rings. The number of fused-ring (bicyclic) bond motifs is 2. The number of aryl methyl sites for hydroxylation is 2. The number of hydrogen-bond acceptors (Lipinski definition) is 0. The van der Waals surface area contributed by atoms with E-state index in [0.717, 1.165) is 7.25 Å². The average Bonchev–Trinajstić information content (AvgIpc) is 3.24. The Kier molecular flexibility index (Phi) is 12.0. The van der Waals surface area contributed by atoms with Crippen molar-refractivity contribution in [3.05, 3.63) is 79.9 Å². The van der Waals surface area contributed by atoms with Gasteiger partial charge in [-0.15, -0.1) is 0 Å². The minimum atomic E-state index is -2.03. The van der Waals surface area contributed by atoms with E-state index in [-0.39, 0.29) is 24.8 Å². The molecule has 2 unspecified atom stereocenters. The van der Waals surface area contributed by atoms with Gasteiger partial charge in [-0.05, 0) is 0 Å². The Morgan fingerprint density at radius 3 is 1.42 bits per heavy atom. The van der Waals surface area contributed by atoms with Gasteiger partial charge in [0.2, 0.25) is 0 Å². The van der Waals surface area contributed by atoms with E-state index in [1.165, 1.54) is 18.9 Å². The zero-order valence-electron chi connectivity index (χ0n) is 25.6. The third kappa shape index (κ3) is 5.68. The van der Waals surface area contributed by atoms with Crippen molar-refractivity contribution < 1.29 is 45.2 Å². The monoisotopic (exact) mass is 644 g/mol. The van der Waals surface area contributed by atoms with Crippen molar-refractivity contribution in [1.29, 1.82) is 0 Å². The number of halogens is 2. The third-order valence-electron chi connectivity index (χ3n) is 9.22. The van der Waals surface area contributed by atoms with Gasteiger partial charge < -0.3 is 24.8 Å². The van der Waals surface area contributed by atoms with E-state index < -0.39 is 20.4 Å². The van der Waals surface area contributed by atoms with Crippen LogP contribution in [-0.4, -0.2) is 6.16 Å². The molecule has 0 bridgehead atoms. The van der Waals surface area contributed by atoms with Gasteiger partial charge >= 0.3 is 232 Å². The topological polar surface area (TPSA) is 0 Å². The van der Waals surface area contributed by atoms with Crippen LogP contribution in [0.1, 0.15) is 139 Å². The van der Waals surface area contributed by atoms with Crippen molar-refractivity contribution in [2.24, 2.45) is 0 Å². The normalized spacial score (nSPS) is 17.8. The zero-order chi connectivity index (χ0) is 26.5. The Balaban J connectivity index is 0.00000253. The summed E-state index contributed by atoms with van der Waals surface area (Å²) < 4.78 is 1.49. The van der Waals surface area contributed by atoms with E-state index in [1.807, 2.05) is 0 Å². The summed E-state index contributed by atoms with van der Waals surface area (Å²) in [4.78, 5) is 0. The molecule has 206 valence electrons. The van der Waals surface area contributed by atoms with Crippen LogP contribution < -0.4 is 24.8 Å². The second-order valence-corrected chi connectivity index (χ2v) is 25.4. The predicted octanol–water partition coefficient (Wildman–Crippen LogP) is 4.14. The van der Waals surface area contributed by atoms with Crippen LogP contribution in [0.2, 0.25) is 6.04 Å². The minimum Gasteiger partial charge on any atom is -1.00 e. The van der Waals surface area contributed by atoms with E-state index >= 15 is 0 Å². The molecule has 0 heterocycles. The zero-order valence-corrected chi connectivity index (χ0v) is 30.7. The van der Waals surface area contributed by atoms with Crippen molar-refractivity contribution in [3.8, 4) is 0 Å². The first kappa shape index (κ1) is 33.8. The number of hydrogen-bond donors (Lipinski definition) is 0. The fourth-order valence-electron chi connectivity index (χ4n) is 6.99. The molecule has 0 spiro atoms. The van der Waals surface area contributed by atoms with E-state index in [2.05, 4.69) is 100 Å². The molecule has 2 aliphatic rings. The maximum absolute atomic E-state index is 2.52. The smallest absolute Gasteiger partial charge is 1.00 e. The van der Waals surface area contributed by atoms with E-state index in [9.17, 15) is 0 Å². The van der Waals surface area contributed by atoms with E-state index in [4.69, 9.17) is 0 Å². The van der Waals surface area contributed by atoms with Crippen molar-refractivity contribution in [2.75, 3.05) is 0 Å². The van der Waals surface area contributed by atoms with Gasteiger partial charge in [-0.3, -0.25) is 0 Å². The predicted molar refractivity (Wildman–Crippen MR) is 159 cm³/mol. The molecule has 0 aromatic heterocycles. The molecule has 2 atom stereocenters. The first-order chi connectivity index (χ1) is 17.0. The quantitative estimate of drug-likeness (QED) is 0.314. The van der Waals surface area contributed by atoms with E-state index in [0.29, 0.717) is 18.0 Å². The van der Waals surface area contributed by atoms with Gasteiger partial charge in [0.15, 0.2) is 0 Å². The van der Waals surface area contributed by atoms with Gasteiger partial charge in [-0.1, -0.05) is 0 Å². The van der Waals surface area contributed by atoms with Gasteiger partial charge in [0.1, 0.15) is 0 Å². The molecular formula is C34H48Cl2SiZr. The summed E-state index contributed by atoms with van der Waals surface area (Å²) in [5.41, 5.74) is 19.7. The SMILES string of the molecule is CCCC[SiH]=[Zr+2]([CH]1C(C)=C(C)c2c(C(C)C)ccc(C)c21)[CH]1C(C)=C(C)c2c(C(C)C)ccc(C)c21.[Cl-].[Cl-]. The molecule has 4 heteroatoms. The Labute approximate surface area is 254 Å². The molecule has 0 saturated carbocycles. The molecule has 0 aliphatic heterocycles. The standard InChI is InChI=1S/2C15H19.C4H10Si.2ClH.Zr/c2*1-9(2)13-7-6-10(3)14-8-11(4)12(5)15(13)14;1-2-3-4-5;;;/h2*6-9H,1-5H3;5H,2-4H2,1H3;2*1H;/q;;;;;+2/p-2. The number of unbranched alkanes of at least 4 members (excludes halogenated alkanes) is 1. The van der Waals surface area contributed by atoms with Crippen molar-refractivity contribution in [2.45, 2.75) is 114 Å². The van der Waals surface area contributed by atoms with Crippen LogP contribution >= 0.6 is 0 Å². The Hall–Kier alpha value is -0.400. The maximum Gasteiger partial charge on any atom is -1.00 e. The molecule has 38 heavy (non-hydrogen) atoms. The summed E-state index contributed by atoms with van der Waals surface area (Å²) >= 11 is -2.03. The second-order valence-electron chi connectivity index (χ2n) is 12.2. The largest absolute Gasteiger partial charge is 1.00 e. The van der Waals surface area contributed by atoms with Crippen LogP contribution in [0.3, 0.4) is 0 Å². The first-order valence-corrected chi connectivity index (χ1v) is 22.8. The number of benzene rings is 2. The Morgan fingerprint density at radius 1 is 0.684 bits per heavy atom. The maximum atomic E-state index is 2.52. The van der Waals surface area contributed by atoms with Crippen LogP contribution in [0, 0.1) is 13.8 Å². The molecule has 4 rings (SSSR count). The first-order valence-electron chi connectivity index (χ1n) is 14.3. The summed E-state index contributed by atoms with van der Waals surface area (Å²) in [6, 6.07) is 11.3. The molecule has 2 aliphatic carbocycles. The molecule has 2 aromatic carbocycles. The van der Waals surface area contributed by atoms with Gasteiger partial charge in [-0.2, -0.15) is 0 Å². The molecule has 0 fully saturated rings. The summed E-state index contributed by atoms with van der Waals surface area (Å²) in [6.07, 6.45) is 3.29. The molecule has 0 N–H and O–H groups in total. The third-order valence-corrected chi connectivity index (χ3v) is 26.8. The number of allylic oxidation sites excluding steroid dienone is 4. The van der Waals surface area contributed by atoms with Gasteiger partial charge in [0.25, 0.3) is 0 Å². The van der Waals surface area contributed by atoms with Crippen molar-refractivity contribution in [3.63, 3.8) is 0 Å². The molecule has 0 radical (unpaired) electrons. The average molecular weight is 647 g/mol. The van der Waals surface area contributed by atoms with E-state index in [1.54, 1.807) is 66.8 Å². The molecule has 0 saturated heterocycles. The summed E-state index contributed by atoms with van der Waals surface area (Å²) in [5, 5.41) is 0. The summed E-state index contributed by atoms with van der Waals surface area (Å²) in [6.45, 7) is 26.6. The van der Waals surface area contributed by atoms with Crippen LogP contribution in [-0.2, 0) is 20.4 Å². The summed E-state index contributed by atoms with van der Waals surface area (Å²) in [5.74, 6) is 1.15. The fraction of sp³-hybridized carbons (Fsp3) is 0.529. The fourth-order valence-corrected chi connectivity index (χ4v) is 28.6. The van der Waals surface area contributed by atoms with Crippen LogP contribution in [0.25, 0.3) is 11.1 Å². The Bertz CT molecular complexity index is 1200. The number of rotatable bonds is 7. The van der Waals surface area contributed by atoms with Crippen LogP contribution in [0.5, 0.6) is 0 Å². The minimum absolute atomic E-state index is 0. The summed E-state index contributed by atoms with van der Waals surface area (Å²) in [7, 11) is 0. The molecular weight excluding hydrogens is 599 g/mol.